The van der Waals surface area contributed by atoms with Crippen LogP contribution >= 0.6 is 11.6 Å². The molecule has 0 atom stereocenters. The molecule has 4 amide bonds. The van der Waals surface area contributed by atoms with Crippen LogP contribution in [0.3, 0.4) is 0 Å². The number of hydrogen-bond acceptors (Lipinski definition) is 4. The predicted molar refractivity (Wildman–Crippen MR) is 135 cm³/mol. The Labute approximate surface area is 206 Å². The first-order chi connectivity index (χ1) is 17.0. The number of benzene rings is 4. The van der Waals surface area contributed by atoms with Crippen molar-refractivity contribution < 1.29 is 19.1 Å². The van der Waals surface area contributed by atoms with E-state index in [0.29, 0.717) is 28.6 Å². The highest BCUT2D eigenvalue weighted by Crippen LogP contribution is 2.25. The molecule has 0 bridgehead atoms. The van der Waals surface area contributed by atoms with Crippen molar-refractivity contribution in [2.75, 3.05) is 4.90 Å². The number of nitrogens with zero attached hydrogens (tertiary/aromatic N) is 1. The lowest BCUT2D eigenvalue weighted by atomic mass is 10.1. The van der Waals surface area contributed by atoms with Crippen LogP contribution in [0.1, 0.15) is 11.1 Å². The van der Waals surface area contributed by atoms with Gasteiger partial charge in [-0.25, -0.2) is 9.69 Å². The van der Waals surface area contributed by atoms with Crippen LogP contribution in [0.25, 0.3) is 16.8 Å². The van der Waals surface area contributed by atoms with Gasteiger partial charge >= 0.3 is 6.03 Å². The van der Waals surface area contributed by atoms with Crippen LogP contribution in [0.5, 0.6) is 5.75 Å². The standard InChI is InChI=1S/C28H19ClN2O4/c29-21-10-12-22(13-11-21)31-27(33)25(26(32)30-28(31)34)16-18-8-14-23(15-9-18)35-17-20-6-3-5-19-4-1-2-7-24(19)20/h1-16H,17H2,(H,30,32,34). The highest BCUT2D eigenvalue weighted by Gasteiger charge is 2.36. The molecule has 0 unspecified atom stereocenters. The van der Waals surface area contributed by atoms with E-state index >= 15 is 0 Å². The maximum Gasteiger partial charge on any atom is 0.335 e. The summed E-state index contributed by atoms with van der Waals surface area (Å²) in [5, 5.41) is 4.96. The number of ether oxygens (including phenoxy) is 1. The monoisotopic (exact) mass is 482 g/mol. The number of imide groups is 2. The van der Waals surface area contributed by atoms with Gasteiger partial charge in [0.2, 0.25) is 0 Å². The zero-order valence-corrected chi connectivity index (χ0v) is 19.2. The third-order valence-electron chi connectivity index (χ3n) is 5.65. The van der Waals surface area contributed by atoms with Gasteiger partial charge in [0.05, 0.1) is 5.69 Å². The highest BCUT2D eigenvalue weighted by atomic mass is 35.5. The molecule has 7 heteroatoms. The van der Waals surface area contributed by atoms with Crippen LogP contribution in [0, 0.1) is 0 Å². The molecule has 0 spiro atoms. The van der Waals surface area contributed by atoms with Gasteiger partial charge in [-0.1, -0.05) is 66.2 Å². The van der Waals surface area contributed by atoms with Crippen LogP contribution in [0.15, 0.2) is 96.6 Å². The van der Waals surface area contributed by atoms with Gasteiger partial charge in [-0.05, 0) is 64.4 Å². The highest BCUT2D eigenvalue weighted by molar-refractivity contribution is 6.39. The summed E-state index contributed by atoms with van der Waals surface area (Å²) in [6, 6.07) is 26.6. The number of fused-ring (bicyclic) bond motifs is 1. The largest absolute Gasteiger partial charge is 0.489 e. The molecule has 1 fully saturated rings. The Balaban J connectivity index is 1.33. The molecule has 172 valence electrons. The molecule has 6 nitrogen and oxygen atoms in total. The van der Waals surface area contributed by atoms with E-state index in [1.165, 1.54) is 18.2 Å². The Morgan fingerprint density at radius 3 is 2.31 bits per heavy atom. The zero-order chi connectivity index (χ0) is 24.4. The molecule has 0 aromatic heterocycles. The van der Waals surface area contributed by atoms with Gasteiger partial charge in [0.25, 0.3) is 11.8 Å². The van der Waals surface area contributed by atoms with Crippen molar-refractivity contribution in [3.8, 4) is 5.75 Å². The maximum absolute atomic E-state index is 13.0. The van der Waals surface area contributed by atoms with Crippen molar-refractivity contribution in [3.05, 3.63) is 113 Å². The van der Waals surface area contributed by atoms with Crippen LogP contribution in [0.4, 0.5) is 10.5 Å². The van der Waals surface area contributed by atoms with Gasteiger partial charge in [0.1, 0.15) is 17.9 Å². The van der Waals surface area contributed by atoms with Crippen molar-refractivity contribution >= 4 is 52.0 Å². The number of rotatable bonds is 5. The molecule has 1 heterocycles. The second kappa shape index (κ2) is 9.44. The minimum atomic E-state index is -0.809. The van der Waals surface area contributed by atoms with Crippen molar-refractivity contribution in [2.45, 2.75) is 6.61 Å². The SMILES string of the molecule is O=C1NC(=O)N(c2ccc(Cl)cc2)C(=O)C1=Cc1ccc(OCc2cccc3ccccc23)cc1. The van der Waals surface area contributed by atoms with Crippen LogP contribution in [-0.4, -0.2) is 17.8 Å². The second-order valence-corrected chi connectivity index (χ2v) is 8.37. The average molecular weight is 483 g/mol. The van der Waals surface area contributed by atoms with Gasteiger partial charge in [-0.3, -0.25) is 14.9 Å². The fourth-order valence-electron chi connectivity index (χ4n) is 3.89. The third kappa shape index (κ3) is 4.65. The normalized spacial score (nSPS) is 14.9. The Bertz CT molecular complexity index is 1470. The number of barbiturate groups is 1. The van der Waals surface area contributed by atoms with E-state index < -0.39 is 17.8 Å². The molecule has 5 rings (SSSR count). The lowest BCUT2D eigenvalue weighted by molar-refractivity contribution is -0.122. The predicted octanol–water partition coefficient (Wildman–Crippen LogP) is 5.74. The number of anilines is 1. The molecular formula is C28H19ClN2O4. The van der Waals surface area contributed by atoms with Gasteiger partial charge in [0, 0.05) is 5.02 Å². The first kappa shape index (κ1) is 22.4. The topological polar surface area (TPSA) is 75.7 Å². The number of amides is 4. The molecule has 0 saturated carbocycles. The first-order valence-corrected chi connectivity index (χ1v) is 11.2. The number of urea groups is 1. The molecule has 4 aromatic rings. The average Bonchev–Trinajstić information content (AvgIpc) is 2.87. The summed E-state index contributed by atoms with van der Waals surface area (Å²) < 4.78 is 5.96. The lowest BCUT2D eigenvalue weighted by Gasteiger charge is -2.26. The lowest BCUT2D eigenvalue weighted by Crippen LogP contribution is -2.54. The first-order valence-electron chi connectivity index (χ1n) is 10.9. The van der Waals surface area contributed by atoms with Crippen molar-refractivity contribution in [3.63, 3.8) is 0 Å². The molecule has 4 aromatic carbocycles. The molecule has 1 saturated heterocycles. The van der Waals surface area contributed by atoms with Crippen molar-refractivity contribution in [2.24, 2.45) is 0 Å². The summed E-state index contributed by atoms with van der Waals surface area (Å²) in [5.74, 6) is -0.809. The van der Waals surface area contributed by atoms with E-state index in [1.54, 1.807) is 36.4 Å². The van der Waals surface area contributed by atoms with E-state index in [2.05, 4.69) is 23.5 Å². The number of hydrogen-bond donors (Lipinski definition) is 1. The number of carbonyl (C=O) groups is 3. The minimum absolute atomic E-state index is 0.149. The molecule has 1 aliphatic heterocycles. The third-order valence-corrected chi connectivity index (χ3v) is 5.90. The summed E-state index contributed by atoms with van der Waals surface area (Å²) in [4.78, 5) is 38.6. The molecule has 0 radical (unpaired) electrons. The molecule has 35 heavy (non-hydrogen) atoms. The molecule has 1 N–H and O–H groups in total. The summed E-state index contributed by atoms with van der Waals surface area (Å²) in [5.41, 5.74) is 1.86. The van der Waals surface area contributed by atoms with E-state index in [0.717, 1.165) is 21.2 Å². The number of carbonyl (C=O) groups excluding carboxylic acids is 3. The minimum Gasteiger partial charge on any atom is -0.489 e. The summed E-state index contributed by atoms with van der Waals surface area (Å²) in [6.45, 7) is 0.404. The maximum atomic E-state index is 13.0. The van der Waals surface area contributed by atoms with Gasteiger partial charge in [0.15, 0.2) is 0 Å². The zero-order valence-electron chi connectivity index (χ0n) is 18.4. The van der Waals surface area contributed by atoms with Crippen LogP contribution in [0.2, 0.25) is 5.02 Å². The fourth-order valence-corrected chi connectivity index (χ4v) is 4.01. The van der Waals surface area contributed by atoms with E-state index in [4.69, 9.17) is 16.3 Å². The quantitative estimate of drug-likeness (QED) is 0.291. The van der Waals surface area contributed by atoms with Crippen LogP contribution in [-0.2, 0) is 16.2 Å². The second-order valence-electron chi connectivity index (χ2n) is 7.93. The molecular weight excluding hydrogens is 464 g/mol. The van der Waals surface area contributed by atoms with Gasteiger partial charge < -0.3 is 4.74 Å². The molecule has 1 aliphatic rings. The van der Waals surface area contributed by atoms with Crippen molar-refractivity contribution in [1.82, 2.24) is 5.32 Å². The van der Waals surface area contributed by atoms with Gasteiger partial charge in [-0.15, -0.1) is 0 Å². The Morgan fingerprint density at radius 1 is 0.829 bits per heavy atom. The van der Waals surface area contributed by atoms with E-state index in [1.807, 2.05) is 24.3 Å². The summed E-state index contributed by atoms with van der Waals surface area (Å²) >= 11 is 5.90. The summed E-state index contributed by atoms with van der Waals surface area (Å²) in [6.07, 6.45) is 1.45. The smallest absolute Gasteiger partial charge is 0.335 e. The Hall–Kier alpha value is -4.42. The fraction of sp³-hybridized carbons (Fsp3) is 0.0357. The van der Waals surface area contributed by atoms with Gasteiger partial charge in [-0.2, -0.15) is 0 Å². The molecule has 0 aliphatic carbocycles. The number of nitrogens with one attached hydrogen (secondary N) is 1. The van der Waals surface area contributed by atoms with Crippen LogP contribution < -0.4 is 15.0 Å². The van der Waals surface area contributed by atoms with Crippen molar-refractivity contribution in [1.29, 1.82) is 0 Å². The Kier molecular flexibility index (Phi) is 6.04. The number of halogens is 1. The summed E-state index contributed by atoms with van der Waals surface area (Å²) in [7, 11) is 0. The van der Waals surface area contributed by atoms with E-state index in [9.17, 15) is 14.4 Å². The Morgan fingerprint density at radius 2 is 1.54 bits per heavy atom. The van der Waals surface area contributed by atoms with E-state index in [-0.39, 0.29) is 5.57 Å².